The largest absolute Gasteiger partial charge is 0.494 e. The molecule has 1 fully saturated rings. The van der Waals surface area contributed by atoms with Gasteiger partial charge in [-0.3, -0.25) is 19.8 Å². The van der Waals surface area contributed by atoms with Crippen LogP contribution in [0.25, 0.3) is 6.08 Å². The highest BCUT2D eigenvalue weighted by atomic mass is 35.5. The van der Waals surface area contributed by atoms with Gasteiger partial charge in [-0.05, 0) is 62.5 Å². The third-order valence-corrected chi connectivity index (χ3v) is 4.97. The molecule has 0 saturated carbocycles. The highest BCUT2D eigenvalue weighted by Crippen LogP contribution is 2.33. The van der Waals surface area contributed by atoms with Crippen LogP contribution in [0, 0.1) is 0 Å². The van der Waals surface area contributed by atoms with Crippen molar-refractivity contribution in [1.82, 2.24) is 5.32 Å². The maximum atomic E-state index is 13.2. The molecule has 1 heterocycles. The molecule has 2 aromatic rings. The fraction of sp³-hybridized carbons (Fsp3) is 0.190. The summed E-state index contributed by atoms with van der Waals surface area (Å²) in [5.41, 5.74) is 0.757. The second-order valence-electron chi connectivity index (χ2n) is 6.12. The first-order chi connectivity index (χ1) is 14.3. The molecule has 9 heteroatoms. The van der Waals surface area contributed by atoms with E-state index in [2.05, 4.69) is 5.32 Å². The number of benzene rings is 2. The van der Waals surface area contributed by atoms with E-state index in [0.717, 1.165) is 4.90 Å². The lowest BCUT2D eigenvalue weighted by Crippen LogP contribution is -2.54. The molecule has 1 saturated heterocycles. The first-order valence-corrected chi connectivity index (χ1v) is 10.3. The van der Waals surface area contributed by atoms with Crippen molar-refractivity contribution in [2.24, 2.45) is 0 Å². The molecule has 2 amide bonds. The molecule has 0 radical (unpaired) electrons. The molecular weight excluding hydrogens is 447 g/mol. The van der Waals surface area contributed by atoms with E-state index in [0.29, 0.717) is 41.0 Å². The standard InChI is InChI=1S/C21H18Cl2N2O4S/c1-3-28-14-7-5-12(18(11-14)29-4-2)9-15-19(26)24-21(30)25(20(15)27)17-8-6-13(22)10-16(17)23/h5-11H,3-4H2,1-2H3,(H,24,26,30). The number of hydrogen-bond acceptors (Lipinski definition) is 5. The predicted octanol–water partition coefficient (Wildman–Crippen LogP) is 4.62. The number of ether oxygens (including phenoxy) is 2. The topological polar surface area (TPSA) is 67.9 Å². The van der Waals surface area contributed by atoms with Gasteiger partial charge in [-0.15, -0.1) is 0 Å². The number of nitrogens with zero attached hydrogens (tertiary/aromatic N) is 1. The van der Waals surface area contributed by atoms with Gasteiger partial charge in [0.2, 0.25) is 0 Å². The van der Waals surface area contributed by atoms with Crippen LogP contribution < -0.4 is 19.7 Å². The van der Waals surface area contributed by atoms with Gasteiger partial charge in [0.1, 0.15) is 17.1 Å². The Bertz CT molecular complexity index is 1060. The summed E-state index contributed by atoms with van der Waals surface area (Å²) < 4.78 is 11.2. The van der Waals surface area contributed by atoms with Crippen molar-refractivity contribution in [3.63, 3.8) is 0 Å². The molecule has 0 aromatic heterocycles. The van der Waals surface area contributed by atoms with E-state index in [4.69, 9.17) is 44.9 Å². The molecule has 0 atom stereocenters. The van der Waals surface area contributed by atoms with E-state index in [1.54, 1.807) is 30.3 Å². The van der Waals surface area contributed by atoms with Crippen LogP contribution >= 0.6 is 35.4 Å². The van der Waals surface area contributed by atoms with Crippen LogP contribution in [-0.4, -0.2) is 30.1 Å². The average Bonchev–Trinajstić information content (AvgIpc) is 2.68. The minimum Gasteiger partial charge on any atom is -0.494 e. The summed E-state index contributed by atoms with van der Waals surface area (Å²) in [7, 11) is 0. The normalized spacial score (nSPS) is 15.4. The van der Waals surface area contributed by atoms with Gasteiger partial charge < -0.3 is 9.47 Å². The molecule has 0 bridgehead atoms. The second kappa shape index (κ2) is 9.47. The first kappa shape index (κ1) is 22.1. The molecule has 156 valence electrons. The Balaban J connectivity index is 2.04. The number of carbonyl (C=O) groups is 2. The Labute approximate surface area is 189 Å². The zero-order chi connectivity index (χ0) is 21.8. The summed E-state index contributed by atoms with van der Waals surface area (Å²) >= 11 is 17.4. The zero-order valence-electron chi connectivity index (χ0n) is 16.2. The van der Waals surface area contributed by atoms with E-state index in [1.165, 1.54) is 12.1 Å². The van der Waals surface area contributed by atoms with Gasteiger partial charge in [-0.2, -0.15) is 0 Å². The summed E-state index contributed by atoms with van der Waals surface area (Å²) in [6.07, 6.45) is 1.46. The van der Waals surface area contributed by atoms with Crippen molar-refractivity contribution >= 4 is 64.1 Å². The predicted molar refractivity (Wildman–Crippen MR) is 121 cm³/mol. The average molecular weight is 465 g/mol. The van der Waals surface area contributed by atoms with Gasteiger partial charge in [-0.25, -0.2) is 0 Å². The van der Waals surface area contributed by atoms with Gasteiger partial charge in [0.25, 0.3) is 11.8 Å². The molecule has 1 aliphatic rings. The van der Waals surface area contributed by atoms with E-state index in [1.807, 2.05) is 13.8 Å². The van der Waals surface area contributed by atoms with Crippen molar-refractivity contribution in [3.05, 3.63) is 57.6 Å². The Hall–Kier alpha value is -2.61. The van der Waals surface area contributed by atoms with Crippen molar-refractivity contribution in [2.75, 3.05) is 18.1 Å². The van der Waals surface area contributed by atoms with E-state index >= 15 is 0 Å². The Morgan fingerprint density at radius 2 is 1.80 bits per heavy atom. The zero-order valence-corrected chi connectivity index (χ0v) is 18.5. The minimum atomic E-state index is -0.609. The summed E-state index contributed by atoms with van der Waals surface area (Å²) in [5, 5.41) is 3.10. The van der Waals surface area contributed by atoms with Crippen molar-refractivity contribution in [1.29, 1.82) is 0 Å². The Morgan fingerprint density at radius 3 is 2.47 bits per heavy atom. The van der Waals surface area contributed by atoms with Gasteiger partial charge in [0.05, 0.1) is 23.9 Å². The number of amides is 2. The highest BCUT2D eigenvalue weighted by Gasteiger charge is 2.35. The lowest BCUT2D eigenvalue weighted by Gasteiger charge is -2.29. The number of halogens is 2. The molecule has 1 aliphatic heterocycles. The summed E-state index contributed by atoms with van der Waals surface area (Å²) in [6, 6.07) is 9.81. The smallest absolute Gasteiger partial charge is 0.270 e. The molecule has 3 rings (SSSR count). The van der Waals surface area contributed by atoms with Crippen LogP contribution in [0.1, 0.15) is 19.4 Å². The van der Waals surface area contributed by atoms with E-state index in [9.17, 15) is 9.59 Å². The van der Waals surface area contributed by atoms with Crippen molar-refractivity contribution < 1.29 is 19.1 Å². The number of hydrogen-bond donors (Lipinski definition) is 1. The molecule has 1 N–H and O–H groups in total. The Morgan fingerprint density at radius 1 is 1.07 bits per heavy atom. The number of anilines is 1. The monoisotopic (exact) mass is 464 g/mol. The second-order valence-corrected chi connectivity index (χ2v) is 7.35. The molecular formula is C21H18Cl2N2O4S. The highest BCUT2D eigenvalue weighted by molar-refractivity contribution is 7.80. The molecule has 0 spiro atoms. The Kier molecular flexibility index (Phi) is 6.97. The van der Waals surface area contributed by atoms with E-state index < -0.39 is 11.8 Å². The molecule has 30 heavy (non-hydrogen) atoms. The number of rotatable bonds is 6. The number of carbonyl (C=O) groups excluding carboxylic acids is 2. The number of thiocarbonyl (C=S) groups is 1. The van der Waals surface area contributed by atoms with Crippen LogP contribution in [0.2, 0.25) is 10.0 Å². The third-order valence-electron chi connectivity index (χ3n) is 4.15. The van der Waals surface area contributed by atoms with Gasteiger partial charge in [0, 0.05) is 16.7 Å². The van der Waals surface area contributed by atoms with Crippen molar-refractivity contribution in [2.45, 2.75) is 13.8 Å². The lowest BCUT2D eigenvalue weighted by molar-refractivity contribution is -0.122. The SMILES string of the molecule is CCOc1ccc(C=C2C(=O)NC(=S)N(c3ccc(Cl)cc3Cl)C2=O)c(OCC)c1. The van der Waals surface area contributed by atoms with Crippen LogP contribution in [0.15, 0.2) is 42.0 Å². The van der Waals surface area contributed by atoms with Crippen molar-refractivity contribution in [3.8, 4) is 11.5 Å². The molecule has 2 aromatic carbocycles. The minimum absolute atomic E-state index is 0.0666. The third kappa shape index (κ3) is 4.59. The van der Waals surface area contributed by atoms with E-state index in [-0.39, 0.29) is 15.7 Å². The van der Waals surface area contributed by atoms with Gasteiger partial charge in [-0.1, -0.05) is 23.2 Å². The molecule has 0 aliphatic carbocycles. The maximum Gasteiger partial charge on any atom is 0.270 e. The summed E-state index contributed by atoms with van der Waals surface area (Å²) in [5.74, 6) is -0.106. The molecule has 6 nitrogen and oxygen atoms in total. The summed E-state index contributed by atoms with van der Waals surface area (Å²) in [4.78, 5) is 26.9. The quantitative estimate of drug-likeness (QED) is 0.383. The van der Waals surface area contributed by atoms with Gasteiger partial charge >= 0.3 is 0 Å². The van der Waals surface area contributed by atoms with Crippen LogP contribution in [0.3, 0.4) is 0 Å². The maximum absolute atomic E-state index is 13.2. The van der Waals surface area contributed by atoms with Crippen LogP contribution in [0.4, 0.5) is 5.69 Å². The fourth-order valence-electron chi connectivity index (χ4n) is 2.87. The van der Waals surface area contributed by atoms with Gasteiger partial charge in [0.15, 0.2) is 5.11 Å². The first-order valence-electron chi connectivity index (χ1n) is 9.11. The number of nitrogens with one attached hydrogen (secondary N) is 1. The van der Waals surface area contributed by atoms with Crippen LogP contribution in [-0.2, 0) is 9.59 Å². The fourth-order valence-corrected chi connectivity index (χ4v) is 3.63. The molecule has 0 unspecified atom stereocenters. The summed E-state index contributed by atoms with van der Waals surface area (Å²) in [6.45, 7) is 4.62. The van der Waals surface area contributed by atoms with Crippen LogP contribution in [0.5, 0.6) is 11.5 Å². The lowest BCUT2D eigenvalue weighted by atomic mass is 10.1.